The van der Waals surface area contributed by atoms with Gasteiger partial charge in [0.2, 0.25) is 5.95 Å². The third kappa shape index (κ3) is 3.54. The molecule has 7 nitrogen and oxygen atoms in total. The van der Waals surface area contributed by atoms with Gasteiger partial charge in [-0.2, -0.15) is 4.98 Å². The Morgan fingerprint density at radius 2 is 2.05 bits per heavy atom. The number of nitrogen functional groups attached to an aromatic ring is 1. The van der Waals surface area contributed by atoms with Crippen LogP contribution in [0.25, 0.3) is 0 Å². The molecule has 2 N–H and O–H groups in total. The molecule has 0 radical (unpaired) electrons. The second-order valence-electron chi connectivity index (χ2n) is 4.57. The molecule has 0 bridgehead atoms. The normalized spacial score (nSPS) is 16.4. The maximum atomic E-state index is 11.2. The van der Waals surface area contributed by atoms with Crippen LogP contribution >= 0.6 is 0 Å². The van der Waals surface area contributed by atoms with Crippen molar-refractivity contribution in [3.8, 4) is 0 Å². The van der Waals surface area contributed by atoms with Gasteiger partial charge in [-0.15, -0.1) is 0 Å². The molecule has 104 valence electrons. The number of anilines is 2. The minimum absolute atomic E-state index is 0.199. The number of rotatable bonds is 3. The van der Waals surface area contributed by atoms with Gasteiger partial charge >= 0.3 is 5.97 Å². The van der Waals surface area contributed by atoms with Crippen LogP contribution in [0.15, 0.2) is 6.07 Å². The van der Waals surface area contributed by atoms with E-state index >= 15 is 0 Å². The number of esters is 1. The molecule has 0 aromatic carbocycles. The first-order valence-corrected chi connectivity index (χ1v) is 6.24. The lowest BCUT2D eigenvalue weighted by Gasteiger charge is -2.34. The minimum Gasteiger partial charge on any atom is -0.468 e. The van der Waals surface area contributed by atoms with Crippen LogP contribution < -0.4 is 10.6 Å². The largest absolute Gasteiger partial charge is 0.468 e. The Bertz CT molecular complexity index is 437. The average molecular weight is 265 g/mol. The molecule has 0 saturated carbocycles. The zero-order valence-electron chi connectivity index (χ0n) is 11.3. The third-order valence-electron chi connectivity index (χ3n) is 3.13. The zero-order chi connectivity index (χ0) is 13.8. The number of ether oxygens (including phenoxy) is 1. The van der Waals surface area contributed by atoms with E-state index in [9.17, 15) is 4.79 Å². The van der Waals surface area contributed by atoms with Crippen LogP contribution in [0.2, 0.25) is 0 Å². The van der Waals surface area contributed by atoms with Crippen LogP contribution in [0.4, 0.5) is 11.8 Å². The van der Waals surface area contributed by atoms with Gasteiger partial charge in [0.25, 0.3) is 0 Å². The first-order chi connectivity index (χ1) is 9.08. The van der Waals surface area contributed by atoms with Crippen molar-refractivity contribution < 1.29 is 9.53 Å². The number of hydrogen-bond acceptors (Lipinski definition) is 7. The van der Waals surface area contributed by atoms with Crippen molar-refractivity contribution in [1.29, 1.82) is 0 Å². The fourth-order valence-electron chi connectivity index (χ4n) is 2.12. The molecular formula is C12H19N5O2. The number of nitrogens with two attached hydrogens (primary N) is 1. The average Bonchev–Trinajstić information content (AvgIpc) is 2.38. The van der Waals surface area contributed by atoms with E-state index in [1.165, 1.54) is 7.11 Å². The molecule has 7 heteroatoms. The fourth-order valence-corrected chi connectivity index (χ4v) is 2.12. The summed E-state index contributed by atoms with van der Waals surface area (Å²) in [4.78, 5) is 23.7. The highest BCUT2D eigenvalue weighted by Gasteiger charge is 2.20. The van der Waals surface area contributed by atoms with Gasteiger partial charge in [-0.05, 0) is 6.92 Å². The van der Waals surface area contributed by atoms with E-state index in [1.54, 1.807) is 0 Å². The molecule has 19 heavy (non-hydrogen) atoms. The quantitative estimate of drug-likeness (QED) is 0.748. The number of aromatic nitrogens is 2. The Hall–Kier alpha value is -1.89. The van der Waals surface area contributed by atoms with Gasteiger partial charge in [0, 0.05) is 37.9 Å². The molecule has 0 spiro atoms. The Balaban J connectivity index is 1.94. The van der Waals surface area contributed by atoms with E-state index in [0.29, 0.717) is 12.5 Å². The van der Waals surface area contributed by atoms with E-state index in [-0.39, 0.29) is 5.97 Å². The van der Waals surface area contributed by atoms with Crippen molar-refractivity contribution in [3.05, 3.63) is 11.8 Å². The number of hydrogen-bond donors (Lipinski definition) is 1. The molecule has 1 aliphatic rings. The lowest BCUT2D eigenvalue weighted by atomic mass is 10.3. The maximum Gasteiger partial charge on any atom is 0.319 e. The number of methoxy groups -OCH3 is 1. The minimum atomic E-state index is -0.199. The lowest BCUT2D eigenvalue weighted by molar-refractivity contribution is -0.142. The van der Waals surface area contributed by atoms with Crippen LogP contribution in [0.3, 0.4) is 0 Å². The number of piperazine rings is 1. The van der Waals surface area contributed by atoms with Gasteiger partial charge in [0.1, 0.15) is 5.82 Å². The van der Waals surface area contributed by atoms with Crippen molar-refractivity contribution >= 4 is 17.7 Å². The topological polar surface area (TPSA) is 84.6 Å². The molecule has 1 fully saturated rings. The van der Waals surface area contributed by atoms with Crippen LogP contribution in [-0.2, 0) is 9.53 Å². The zero-order valence-corrected chi connectivity index (χ0v) is 11.3. The second kappa shape index (κ2) is 5.83. The van der Waals surface area contributed by atoms with E-state index < -0.39 is 0 Å². The molecule has 1 aliphatic heterocycles. The molecule has 2 heterocycles. The molecule has 2 rings (SSSR count). The summed E-state index contributed by atoms with van der Waals surface area (Å²) in [5.41, 5.74) is 6.52. The predicted octanol–water partition coefficient (Wildman–Crippen LogP) is -0.338. The van der Waals surface area contributed by atoms with Gasteiger partial charge in [0.15, 0.2) is 0 Å². The molecule has 1 aromatic rings. The summed E-state index contributed by atoms with van der Waals surface area (Å²) >= 11 is 0. The molecule has 0 amide bonds. The Morgan fingerprint density at radius 3 is 2.63 bits per heavy atom. The number of nitrogens with zero attached hydrogens (tertiary/aromatic N) is 4. The highest BCUT2D eigenvalue weighted by atomic mass is 16.5. The monoisotopic (exact) mass is 265 g/mol. The van der Waals surface area contributed by atoms with Crippen LogP contribution in [0.1, 0.15) is 5.69 Å². The van der Waals surface area contributed by atoms with E-state index in [1.807, 2.05) is 13.0 Å². The van der Waals surface area contributed by atoms with Gasteiger partial charge < -0.3 is 15.4 Å². The summed E-state index contributed by atoms with van der Waals surface area (Å²) in [5, 5.41) is 0. The number of carbonyl (C=O) groups is 1. The van der Waals surface area contributed by atoms with Crippen molar-refractivity contribution in [3.63, 3.8) is 0 Å². The van der Waals surface area contributed by atoms with E-state index in [0.717, 1.165) is 37.7 Å². The van der Waals surface area contributed by atoms with Crippen molar-refractivity contribution in [1.82, 2.24) is 14.9 Å². The first-order valence-electron chi connectivity index (χ1n) is 6.24. The predicted molar refractivity (Wildman–Crippen MR) is 71.9 cm³/mol. The van der Waals surface area contributed by atoms with Crippen LogP contribution in [0.5, 0.6) is 0 Å². The van der Waals surface area contributed by atoms with Crippen molar-refractivity contribution in [2.75, 3.05) is 50.5 Å². The third-order valence-corrected chi connectivity index (χ3v) is 3.13. The Kier molecular flexibility index (Phi) is 4.16. The molecular weight excluding hydrogens is 246 g/mol. The summed E-state index contributed by atoms with van der Waals surface area (Å²) in [6.45, 7) is 5.47. The molecule has 0 unspecified atom stereocenters. The summed E-state index contributed by atoms with van der Waals surface area (Å²) in [5.74, 6) is 0.949. The standard InChI is InChI=1S/C12H19N5O2/c1-9-7-10(15-12(13)14-9)17-5-3-16(4-6-17)8-11(18)19-2/h7H,3-6,8H2,1-2H3,(H2,13,14,15). The van der Waals surface area contributed by atoms with Gasteiger partial charge in [-0.1, -0.05) is 0 Å². The summed E-state index contributed by atoms with van der Waals surface area (Å²) in [7, 11) is 1.41. The SMILES string of the molecule is COC(=O)CN1CCN(c2cc(C)nc(N)n2)CC1. The van der Waals surface area contributed by atoms with Gasteiger partial charge in [-0.3, -0.25) is 9.69 Å². The maximum absolute atomic E-state index is 11.2. The summed E-state index contributed by atoms with van der Waals surface area (Å²) in [6.07, 6.45) is 0. The molecule has 0 atom stereocenters. The second-order valence-corrected chi connectivity index (χ2v) is 4.57. The van der Waals surface area contributed by atoms with Crippen molar-refractivity contribution in [2.45, 2.75) is 6.92 Å². The molecule has 1 aromatic heterocycles. The Morgan fingerprint density at radius 1 is 1.37 bits per heavy atom. The van der Waals surface area contributed by atoms with Crippen LogP contribution in [0, 0.1) is 6.92 Å². The first kappa shape index (κ1) is 13.5. The molecule has 0 aliphatic carbocycles. The number of aryl methyl sites for hydroxylation is 1. The van der Waals surface area contributed by atoms with E-state index in [2.05, 4.69) is 24.5 Å². The van der Waals surface area contributed by atoms with Crippen LogP contribution in [-0.4, -0.2) is 60.7 Å². The highest BCUT2D eigenvalue weighted by Crippen LogP contribution is 2.15. The molecule has 1 saturated heterocycles. The van der Waals surface area contributed by atoms with Crippen molar-refractivity contribution in [2.24, 2.45) is 0 Å². The van der Waals surface area contributed by atoms with Gasteiger partial charge in [0.05, 0.1) is 13.7 Å². The van der Waals surface area contributed by atoms with E-state index in [4.69, 9.17) is 5.73 Å². The number of carbonyl (C=O) groups excluding carboxylic acids is 1. The highest BCUT2D eigenvalue weighted by molar-refractivity contribution is 5.71. The Labute approximate surface area is 112 Å². The fraction of sp³-hybridized carbons (Fsp3) is 0.583. The van der Waals surface area contributed by atoms with Gasteiger partial charge in [-0.25, -0.2) is 4.98 Å². The smallest absolute Gasteiger partial charge is 0.319 e. The summed E-state index contributed by atoms with van der Waals surface area (Å²) < 4.78 is 4.66. The summed E-state index contributed by atoms with van der Waals surface area (Å²) in [6, 6.07) is 1.92. The lowest BCUT2D eigenvalue weighted by Crippen LogP contribution is -2.48.